The summed E-state index contributed by atoms with van der Waals surface area (Å²) < 4.78 is 5.11. The molecule has 5 nitrogen and oxygen atoms in total. The van der Waals surface area contributed by atoms with Gasteiger partial charge in [-0.2, -0.15) is 0 Å². The van der Waals surface area contributed by atoms with E-state index in [1.165, 1.54) is 0 Å². The largest absolute Gasteiger partial charge is 0.361 e. The molecule has 1 amide bonds. The van der Waals surface area contributed by atoms with Crippen LogP contribution in [0.25, 0.3) is 0 Å². The van der Waals surface area contributed by atoms with Crippen LogP contribution in [-0.2, 0) is 6.54 Å². The standard InChI is InChI=1S/C17H19Cl2N3O2/c1-12-9-14(20-24-12)11-21-5-2-6-22(8-7-21)17(23)13-3-4-15(18)16(19)10-13/h3-4,9-10H,2,5-8,11H2,1H3. The van der Waals surface area contributed by atoms with Gasteiger partial charge in [0.05, 0.1) is 15.7 Å². The molecule has 2 aromatic rings. The van der Waals surface area contributed by atoms with Crippen LogP contribution < -0.4 is 0 Å². The Morgan fingerprint density at radius 2 is 2.00 bits per heavy atom. The summed E-state index contributed by atoms with van der Waals surface area (Å²) in [6.07, 6.45) is 0.921. The van der Waals surface area contributed by atoms with Crippen LogP contribution in [0.5, 0.6) is 0 Å². The van der Waals surface area contributed by atoms with Gasteiger partial charge in [-0.25, -0.2) is 0 Å². The van der Waals surface area contributed by atoms with Gasteiger partial charge in [-0.05, 0) is 31.5 Å². The predicted molar refractivity (Wildman–Crippen MR) is 93.5 cm³/mol. The number of hydrogen-bond acceptors (Lipinski definition) is 4. The Labute approximate surface area is 151 Å². The Bertz CT molecular complexity index is 732. The molecule has 1 fully saturated rings. The van der Waals surface area contributed by atoms with Crippen LogP contribution in [0.15, 0.2) is 28.8 Å². The Morgan fingerprint density at radius 1 is 1.17 bits per heavy atom. The number of halogens is 2. The summed E-state index contributed by atoms with van der Waals surface area (Å²) in [6.45, 7) is 5.77. The molecule has 1 aliphatic heterocycles. The summed E-state index contributed by atoms with van der Waals surface area (Å²) in [5, 5.41) is 4.90. The highest BCUT2D eigenvalue weighted by atomic mass is 35.5. The zero-order valence-corrected chi connectivity index (χ0v) is 15.0. The van der Waals surface area contributed by atoms with E-state index in [1.54, 1.807) is 18.2 Å². The van der Waals surface area contributed by atoms with Gasteiger partial charge in [-0.1, -0.05) is 28.4 Å². The second-order valence-electron chi connectivity index (χ2n) is 5.98. The van der Waals surface area contributed by atoms with Gasteiger partial charge in [0, 0.05) is 44.4 Å². The summed E-state index contributed by atoms with van der Waals surface area (Å²) in [5.41, 5.74) is 1.50. The number of carbonyl (C=O) groups is 1. The molecule has 1 aromatic heterocycles. The van der Waals surface area contributed by atoms with E-state index in [-0.39, 0.29) is 5.91 Å². The van der Waals surface area contributed by atoms with E-state index in [2.05, 4.69) is 10.1 Å². The Balaban J connectivity index is 1.62. The second kappa shape index (κ2) is 7.55. The van der Waals surface area contributed by atoms with E-state index >= 15 is 0 Å². The molecule has 0 saturated carbocycles. The van der Waals surface area contributed by atoms with Gasteiger partial charge in [0.1, 0.15) is 5.76 Å². The molecule has 0 spiro atoms. The van der Waals surface area contributed by atoms with E-state index in [0.29, 0.717) is 22.2 Å². The molecule has 0 unspecified atom stereocenters. The van der Waals surface area contributed by atoms with Crippen molar-refractivity contribution in [3.8, 4) is 0 Å². The molecule has 0 N–H and O–H groups in total. The molecule has 1 saturated heterocycles. The lowest BCUT2D eigenvalue weighted by molar-refractivity contribution is 0.0761. The normalized spacial score (nSPS) is 16.2. The lowest BCUT2D eigenvalue weighted by atomic mass is 10.2. The second-order valence-corrected chi connectivity index (χ2v) is 6.79. The lowest BCUT2D eigenvalue weighted by Gasteiger charge is -2.21. The average molecular weight is 368 g/mol. The van der Waals surface area contributed by atoms with Crippen LogP contribution in [-0.4, -0.2) is 47.0 Å². The third-order valence-corrected chi connectivity index (χ3v) is 4.84. The first-order valence-corrected chi connectivity index (χ1v) is 8.67. The fourth-order valence-corrected chi connectivity index (χ4v) is 3.16. The number of aromatic nitrogens is 1. The summed E-state index contributed by atoms with van der Waals surface area (Å²) in [7, 11) is 0. The molecule has 1 aromatic carbocycles. The van der Waals surface area contributed by atoms with E-state index < -0.39 is 0 Å². The van der Waals surface area contributed by atoms with Gasteiger partial charge < -0.3 is 9.42 Å². The molecule has 0 bridgehead atoms. The topological polar surface area (TPSA) is 49.6 Å². The minimum absolute atomic E-state index is 0.00676. The Hall–Kier alpha value is -1.56. The molecule has 0 atom stereocenters. The predicted octanol–water partition coefficient (Wildman–Crippen LogP) is 3.64. The maximum absolute atomic E-state index is 12.7. The smallest absolute Gasteiger partial charge is 0.253 e. The van der Waals surface area contributed by atoms with Crippen molar-refractivity contribution in [2.24, 2.45) is 0 Å². The van der Waals surface area contributed by atoms with Crippen molar-refractivity contribution < 1.29 is 9.32 Å². The third-order valence-electron chi connectivity index (χ3n) is 4.10. The Morgan fingerprint density at radius 3 is 2.71 bits per heavy atom. The number of nitrogens with zero attached hydrogens (tertiary/aromatic N) is 3. The summed E-state index contributed by atoms with van der Waals surface area (Å²) in [6, 6.07) is 6.96. The number of rotatable bonds is 3. The molecule has 7 heteroatoms. The highest BCUT2D eigenvalue weighted by Gasteiger charge is 2.21. The van der Waals surface area contributed by atoms with Gasteiger partial charge in [-0.3, -0.25) is 9.69 Å². The van der Waals surface area contributed by atoms with Crippen LogP contribution in [0.1, 0.15) is 28.2 Å². The molecular weight excluding hydrogens is 349 g/mol. The van der Waals surface area contributed by atoms with Crippen LogP contribution >= 0.6 is 23.2 Å². The van der Waals surface area contributed by atoms with Gasteiger partial charge >= 0.3 is 0 Å². The zero-order valence-electron chi connectivity index (χ0n) is 13.5. The molecule has 2 heterocycles. The fourth-order valence-electron chi connectivity index (χ4n) is 2.87. The van der Waals surface area contributed by atoms with Crippen molar-refractivity contribution in [3.63, 3.8) is 0 Å². The maximum Gasteiger partial charge on any atom is 0.253 e. The molecule has 128 valence electrons. The van der Waals surface area contributed by atoms with Crippen molar-refractivity contribution in [1.82, 2.24) is 15.0 Å². The quantitative estimate of drug-likeness (QED) is 0.830. The fraction of sp³-hybridized carbons (Fsp3) is 0.412. The van der Waals surface area contributed by atoms with Gasteiger partial charge in [-0.15, -0.1) is 0 Å². The Kier molecular flexibility index (Phi) is 5.43. The molecule has 0 aliphatic carbocycles. The molecule has 3 rings (SSSR count). The van der Waals surface area contributed by atoms with Crippen molar-refractivity contribution in [1.29, 1.82) is 0 Å². The SMILES string of the molecule is Cc1cc(CN2CCCN(C(=O)c3ccc(Cl)c(Cl)c3)CC2)no1. The number of hydrogen-bond donors (Lipinski definition) is 0. The third kappa shape index (κ3) is 4.09. The summed E-state index contributed by atoms with van der Waals surface area (Å²) in [4.78, 5) is 16.8. The lowest BCUT2D eigenvalue weighted by Crippen LogP contribution is -2.35. The van der Waals surface area contributed by atoms with Gasteiger partial charge in [0.2, 0.25) is 0 Å². The average Bonchev–Trinajstić information content (AvgIpc) is 2.82. The number of aryl methyl sites for hydroxylation is 1. The first-order valence-electron chi connectivity index (χ1n) is 7.92. The summed E-state index contributed by atoms with van der Waals surface area (Å²) in [5.74, 6) is 0.809. The first kappa shape index (κ1) is 17.3. The molecular formula is C17H19Cl2N3O2. The molecule has 24 heavy (non-hydrogen) atoms. The van der Waals surface area contributed by atoms with E-state index in [4.69, 9.17) is 27.7 Å². The monoisotopic (exact) mass is 367 g/mol. The number of benzene rings is 1. The van der Waals surface area contributed by atoms with Gasteiger partial charge in [0.25, 0.3) is 5.91 Å². The van der Waals surface area contributed by atoms with Crippen LogP contribution in [0.3, 0.4) is 0 Å². The minimum atomic E-state index is -0.00676. The van der Waals surface area contributed by atoms with Crippen LogP contribution in [0.2, 0.25) is 10.0 Å². The summed E-state index contributed by atoms with van der Waals surface area (Å²) >= 11 is 11.9. The minimum Gasteiger partial charge on any atom is -0.361 e. The van der Waals surface area contributed by atoms with E-state index in [0.717, 1.165) is 44.1 Å². The first-order chi connectivity index (χ1) is 11.5. The van der Waals surface area contributed by atoms with E-state index in [1.807, 2.05) is 17.9 Å². The highest BCUT2D eigenvalue weighted by molar-refractivity contribution is 6.42. The number of amides is 1. The molecule has 1 aliphatic rings. The maximum atomic E-state index is 12.7. The zero-order chi connectivity index (χ0) is 17.1. The van der Waals surface area contributed by atoms with Crippen molar-refractivity contribution >= 4 is 29.1 Å². The van der Waals surface area contributed by atoms with Crippen LogP contribution in [0.4, 0.5) is 0 Å². The van der Waals surface area contributed by atoms with Gasteiger partial charge in [0.15, 0.2) is 0 Å². The molecule has 0 radical (unpaired) electrons. The number of carbonyl (C=O) groups excluding carboxylic acids is 1. The van der Waals surface area contributed by atoms with Crippen molar-refractivity contribution in [2.75, 3.05) is 26.2 Å². The van der Waals surface area contributed by atoms with Crippen molar-refractivity contribution in [3.05, 3.63) is 51.3 Å². The highest BCUT2D eigenvalue weighted by Crippen LogP contribution is 2.23. The van der Waals surface area contributed by atoms with E-state index in [9.17, 15) is 4.79 Å². The van der Waals surface area contributed by atoms with Crippen LogP contribution in [0, 0.1) is 6.92 Å². The van der Waals surface area contributed by atoms with Crippen molar-refractivity contribution in [2.45, 2.75) is 19.9 Å².